The van der Waals surface area contributed by atoms with Crippen molar-refractivity contribution in [1.82, 2.24) is 10.2 Å². The summed E-state index contributed by atoms with van der Waals surface area (Å²) in [4.78, 5) is 2.59. The second-order valence-corrected chi connectivity index (χ2v) is 6.74. The van der Waals surface area contributed by atoms with Crippen LogP contribution >= 0.6 is 0 Å². The maximum atomic E-state index is 10.2. The fourth-order valence-electron chi connectivity index (χ4n) is 4.30. The van der Waals surface area contributed by atoms with Gasteiger partial charge in [-0.25, -0.2) is 0 Å². The summed E-state index contributed by atoms with van der Waals surface area (Å²) in [6.45, 7) is 11.7. The Kier molecular flexibility index (Phi) is 4.68. The van der Waals surface area contributed by atoms with Gasteiger partial charge in [0.1, 0.15) is 0 Å². The van der Waals surface area contributed by atoms with Crippen molar-refractivity contribution in [3.05, 3.63) is 0 Å². The molecule has 0 radical (unpaired) electrons. The summed E-state index contributed by atoms with van der Waals surface area (Å²) < 4.78 is 0. The number of nitrogens with zero attached hydrogens (tertiary/aromatic N) is 1. The lowest BCUT2D eigenvalue weighted by atomic mass is 9.64. The first-order valence-electron chi connectivity index (χ1n) is 7.67. The SMILES string of the molecule is CC1CCC(C(C)C)C(CO)(N2CCNCC2)C1. The first-order valence-corrected chi connectivity index (χ1v) is 7.67. The van der Waals surface area contributed by atoms with Crippen molar-refractivity contribution in [2.45, 2.75) is 45.6 Å². The van der Waals surface area contributed by atoms with Crippen LogP contribution < -0.4 is 5.32 Å². The molecule has 18 heavy (non-hydrogen) atoms. The Morgan fingerprint density at radius 1 is 1.28 bits per heavy atom. The highest BCUT2D eigenvalue weighted by Gasteiger charge is 2.47. The van der Waals surface area contributed by atoms with Crippen LogP contribution in [0.5, 0.6) is 0 Å². The van der Waals surface area contributed by atoms with Crippen molar-refractivity contribution < 1.29 is 5.11 Å². The molecule has 0 bridgehead atoms. The third kappa shape index (κ3) is 2.59. The standard InChI is InChI=1S/C15H30N2O/c1-12(2)14-5-4-13(3)10-15(14,11-18)17-8-6-16-7-9-17/h12-14,16,18H,4-11H2,1-3H3. The van der Waals surface area contributed by atoms with Crippen molar-refractivity contribution >= 4 is 0 Å². The van der Waals surface area contributed by atoms with Gasteiger partial charge in [0.15, 0.2) is 0 Å². The summed E-state index contributed by atoms with van der Waals surface area (Å²) in [7, 11) is 0. The topological polar surface area (TPSA) is 35.5 Å². The molecule has 1 saturated carbocycles. The van der Waals surface area contributed by atoms with E-state index < -0.39 is 0 Å². The van der Waals surface area contributed by atoms with Crippen LogP contribution in [0.15, 0.2) is 0 Å². The normalized spacial score (nSPS) is 39.2. The van der Waals surface area contributed by atoms with Crippen molar-refractivity contribution in [3.8, 4) is 0 Å². The third-order valence-corrected chi connectivity index (χ3v) is 5.19. The number of hydrogen-bond donors (Lipinski definition) is 2. The first kappa shape index (κ1) is 14.3. The van der Waals surface area contributed by atoms with Gasteiger partial charge in [-0.1, -0.05) is 27.2 Å². The molecule has 1 aliphatic carbocycles. The highest BCUT2D eigenvalue weighted by molar-refractivity contribution is 5.02. The first-order chi connectivity index (χ1) is 8.60. The summed E-state index contributed by atoms with van der Waals surface area (Å²) in [6, 6.07) is 0. The zero-order chi connectivity index (χ0) is 13.2. The number of aliphatic hydroxyl groups is 1. The highest BCUT2D eigenvalue weighted by Crippen LogP contribution is 2.44. The summed E-state index contributed by atoms with van der Waals surface area (Å²) in [5.74, 6) is 2.07. The van der Waals surface area contributed by atoms with Gasteiger partial charge in [0.25, 0.3) is 0 Å². The molecule has 1 heterocycles. The smallest absolute Gasteiger partial charge is 0.0618 e. The zero-order valence-electron chi connectivity index (χ0n) is 12.3. The van der Waals surface area contributed by atoms with Gasteiger partial charge < -0.3 is 10.4 Å². The quantitative estimate of drug-likeness (QED) is 0.805. The molecule has 0 aromatic heterocycles. The number of nitrogens with one attached hydrogen (secondary N) is 1. The molecule has 2 rings (SSSR count). The van der Waals surface area contributed by atoms with Gasteiger partial charge in [0.2, 0.25) is 0 Å². The minimum absolute atomic E-state index is 0.0495. The molecule has 2 aliphatic rings. The van der Waals surface area contributed by atoms with E-state index in [1.165, 1.54) is 19.3 Å². The second kappa shape index (κ2) is 5.89. The molecule has 1 saturated heterocycles. The lowest BCUT2D eigenvalue weighted by Crippen LogP contribution is -2.64. The van der Waals surface area contributed by atoms with Gasteiger partial charge in [-0.3, -0.25) is 4.90 Å². The van der Waals surface area contributed by atoms with E-state index in [1.54, 1.807) is 0 Å². The molecule has 3 unspecified atom stereocenters. The van der Waals surface area contributed by atoms with Crippen molar-refractivity contribution in [2.75, 3.05) is 32.8 Å². The van der Waals surface area contributed by atoms with E-state index in [0.29, 0.717) is 18.4 Å². The lowest BCUT2D eigenvalue weighted by Gasteiger charge is -2.54. The number of piperazine rings is 1. The molecule has 0 spiro atoms. The molecule has 3 nitrogen and oxygen atoms in total. The van der Waals surface area contributed by atoms with E-state index in [9.17, 15) is 5.11 Å². The van der Waals surface area contributed by atoms with Gasteiger partial charge in [-0.15, -0.1) is 0 Å². The predicted octanol–water partition coefficient (Wildman–Crippen LogP) is 1.71. The average molecular weight is 254 g/mol. The van der Waals surface area contributed by atoms with E-state index in [-0.39, 0.29) is 5.54 Å². The summed E-state index contributed by atoms with van der Waals surface area (Å²) >= 11 is 0. The molecule has 0 amide bonds. The Balaban J connectivity index is 2.22. The Morgan fingerprint density at radius 2 is 1.94 bits per heavy atom. The van der Waals surface area contributed by atoms with E-state index in [0.717, 1.165) is 32.1 Å². The number of aliphatic hydroxyl groups excluding tert-OH is 1. The molecule has 3 atom stereocenters. The molecule has 2 fully saturated rings. The fraction of sp³-hybridized carbons (Fsp3) is 1.00. The maximum Gasteiger partial charge on any atom is 0.0618 e. The van der Waals surface area contributed by atoms with Crippen LogP contribution in [0.25, 0.3) is 0 Å². The minimum atomic E-state index is 0.0495. The maximum absolute atomic E-state index is 10.2. The Hall–Kier alpha value is -0.120. The Morgan fingerprint density at radius 3 is 2.50 bits per heavy atom. The fourth-order valence-corrected chi connectivity index (χ4v) is 4.30. The van der Waals surface area contributed by atoms with Crippen LogP contribution in [-0.4, -0.2) is 48.3 Å². The summed E-state index contributed by atoms with van der Waals surface area (Å²) in [5.41, 5.74) is 0.0495. The monoisotopic (exact) mass is 254 g/mol. The molecule has 3 heteroatoms. The number of rotatable bonds is 3. The Labute approximate surface area is 112 Å². The average Bonchev–Trinajstić information content (AvgIpc) is 2.39. The second-order valence-electron chi connectivity index (χ2n) is 6.74. The van der Waals surface area contributed by atoms with Gasteiger partial charge in [-0.2, -0.15) is 0 Å². The van der Waals surface area contributed by atoms with Crippen molar-refractivity contribution in [3.63, 3.8) is 0 Å². The number of hydrogen-bond acceptors (Lipinski definition) is 3. The molecule has 1 aliphatic heterocycles. The van der Waals surface area contributed by atoms with Gasteiger partial charge in [-0.05, 0) is 30.6 Å². The molecule has 0 aromatic rings. The summed E-state index contributed by atoms with van der Waals surface area (Å²) in [6.07, 6.45) is 3.78. The molecule has 2 N–H and O–H groups in total. The zero-order valence-corrected chi connectivity index (χ0v) is 12.3. The van der Waals surface area contributed by atoms with E-state index in [1.807, 2.05) is 0 Å². The van der Waals surface area contributed by atoms with Crippen LogP contribution in [0.4, 0.5) is 0 Å². The van der Waals surface area contributed by atoms with Gasteiger partial charge in [0.05, 0.1) is 6.61 Å². The van der Waals surface area contributed by atoms with Crippen LogP contribution in [0.1, 0.15) is 40.0 Å². The summed E-state index contributed by atoms with van der Waals surface area (Å²) in [5, 5.41) is 13.6. The molecular formula is C15H30N2O. The minimum Gasteiger partial charge on any atom is -0.394 e. The third-order valence-electron chi connectivity index (χ3n) is 5.19. The highest BCUT2D eigenvalue weighted by atomic mass is 16.3. The van der Waals surface area contributed by atoms with Crippen LogP contribution in [-0.2, 0) is 0 Å². The van der Waals surface area contributed by atoms with Crippen LogP contribution in [0.3, 0.4) is 0 Å². The largest absolute Gasteiger partial charge is 0.394 e. The molecular weight excluding hydrogens is 224 g/mol. The van der Waals surface area contributed by atoms with E-state index in [4.69, 9.17) is 0 Å². The van der Waals surface area contributed by atoms with Crippen molar-refractivity contribution in [2.24, 2.45) is 17.8 Å². The Bertz CT molecular complexity index is 263. The van der Waals surface area contributed by atoms with Gasteiger partial charge in [0, 0.05) is 31.7 Å². The van der Waals surface area contributed by atoms with Crippen LogP contribution in [0, 0.1) is 17.8 Å². The predicted molar refractivity (Wildman–Crippen MR) is 75.6 cm³/mol. The molecule has 106 valence electrons. The van der Waals surface area contributed by atoms with Gasteiger partial charge >= 0.3 is 0 Å². The van der Waals surface area contributed by atoms with Crippen LogP contribution in [0.2, 0.25) is 0 Å². The van der Waals surface area contributed by atoms with E-state index in [2.05, 4.69) is 31.0 Å². The van der Waals surface area contributed by atoms with E-state index >= 15 is 0 Å². The lowest BCUT2D eigenvalue weighted by molar-refractivity contribution is -0.0741. The molecule has 0 aromatic carbocycles. The van der Waals surface area contributed by atoms with Crippen molar-refractivity contribution in [1.29, 1.82) is 0 Å².